The van der Waals surface area contributed by atoms with Crippen molar-refractivity contribution in [3.05, 3.63) is 65.7 Å². The van der Waals surface area contributed by atoms with Gasteiger partial charge in [0.25, 0.3) is 0 Å². The predicted octanol–water partition coefficient (Wildman–Crippen LogP) is 4.78. The van der Waals surface area contributed by atoms with Gasteiger partial charge in [-0.25, -0.2) is 0 Å². The Morgan fingerprint density at radius 2 is 1.63 bits per heavy atom. The fourth-order valence-corrected chi connectivity index (χ4v) is 2.98. The molecule has 3 aromatic rings. The van der Waals surface area contributed by atoms with Gasteiger partial charge in [-0.2, -0.15) is 0 Å². The summed E-state index contributed by atoms with van der Waals surface area (Å²) < 4.78 is 0. The van der Waals surface area contributed by atoms with Crippen LogP contribution in [0.4, 0.5) is 0 Å². The van der Waals surface area contributed by atoms with Gasteiger partial charge in [0.15, 0.2) is 0 Å². The van der Waals surface area contributed by atoms with Crippen LogP contribution >= 0.6 is 0 Å². The van der Waals surface area contributed by atoms with E-state index in [0.29, 0.717) is 0 Å². The van der Waals surface area contributed by atoms with Gasteiger partial charge in [-0.15, -0.1) is 0 Å². The number of benzene rings is 3. The summed E-state index contributed by atoms with van der Waals surface area (Å²) in [5.41, 5.74) is 3.00. The van der Waals surface area contributed by atoms with E-state index in [1.54, 1.807) is 0 Å². The number of nitrogens with one attached hydrogen (secondary N) is 1. The Bertz CT molecular complexity index is 856. The van der Waals surface area contributed by atoms with Crippen LogP contribution in [0.1, 0.15) is 17.5 Å². The lowest BCUT2D eigenvalue weighted by Crippen LogP contribution is -2.05. The van der Waals surface area contributed by atoms with E-state index in [9.17, 15) is 0 Å². The van der Waals surface area contributed by atoms with Gasteiger partial charge in [-0.05, 0) is 27.1 Å². The lowest BCUT2D eigenvalue weighted by atomic mass is 9.88. The molecule has 1 aliphatic carbocycles. The van der Waals surface area contributed by atoms with Crippen molar-refractivity contribution in [3.63, 3.8) is 0 Å². The molecule has 0 spiro atoms. The van der Waals surface area contributed by atoms with Crippen molar-refractivity contribution in [1.29, 1.82) is 5.41 Å². The molecule has 0 aliphatic heterocycles. The highest BCUT2D eigenvalue weighted by Crippen LogP contribution is 2.33. The first kappa shape index (κ1) is 10.5. The summed E-state index contributed by atoms with van der Waals surface area (Å²) in [6, 6.07) is 17.0. The minimum atomic E-state index is 0.722. The van der Waals surface area contributed by atoms with Crippen LogP contribution in [0, 0.1) is 5.41 Å². The van der Waals surface area contributed by atoms with E-state index >= 15 is 0 Å². The largest absolute Gasteiger partial charge is 0.304 e. The Labute approximate surface area is 111 Å². The molecule has 1 heteroatoms. The molecule has 0 saturated heterocycles. The summed E-state index contributed by atoms with van der Waals surface area (Å²) in [4.78, 5) is 0. The van der Waals surface area contributed by atoms with Gasteiger partial charge in [0.05, 0.1) is 0 Å². The normalized spacial score (nSPS) is 14.0. The van der Waals surface area contributed by atoms with Crippen LogP contribution in [0.3, 0.4) is 0 Å². The highest BCUT2D eigenvalue weighted by atomic mass is 14.4. The van der Waals surface area contributed by atoms with Gasteiger partial charge < -0.3 is 5.41 Å². The fourth-order valence-electron chi connectivity index (χ4n) is 2.98. The van der Waals surface area contributed by atoms with E-state index in [1.807, 2.05) is 0 Å². The molecule has 4 rings (SSSR count). The number of allylic oxidation sites excluding steroid dienone is 1. The molecule has 90 valence electrons. The zero-order valence-electron chi connectivity index (χ0n) is 10.5. The molecule has 0 bridgehead atoms. The van der Waals surface area contributed by atoms with Crippen LogP contribution in [0.25, 0.3) is 27.6 Å². The average molecular weight is 243 g/mol. The molecule has 1 nitrogen and oxygen atoms in total. The fraction of sp³-hybridized carbons (Fsp3) is 0.0556. The molecule has 0 unspecified atom stereocenters. The monoisotopic (exact) mass is 243 g/mol. The molecule has 0 saturated carbocycles. The molecule has 3 aromatic carbocycles. The van der Waals surface area contributed by atoms with Crippen LogP contribution in [0.2, 0.25) is 0 Å². The lowest BCUT2D eigenvalue weighted by molar-refractivity contribution is 1.35. The topological polar surface area (TPSA) is 23.9 Å². The molecule has 1 N–H and O–H groups in total. The summed E-state index contributed by atoms with van der Waals surface area (Å²) in [5, 5.41) is 13.2. The molecular formula is C18H13N. The van der Waals surface area contributed by atoms with Crippen LogP contribution in [0.5, 0.6) is 0 Å². The van der Waals surface area contributed by atoms with E-state index in [4.69, 9.17) is 5.41 Å². The molecule has 0 fully saturated rings. The maximum absolute atomic E-state index is 8.28. The molecular weight excluding hydrogens is 230 g/mol. The van der Waals surface area contributed by atoms with Crippen molar-refractivity contribution in [3.8, 4) is 0 Å². The second-order valence-electron chi connectivity index (χ2n) is 5.00. The number of hydrogen-bond acceptors (Lipinski definition) is 1. The summed E-state index contributed by atoms with van der Waals surface area (Å²) in [7, 11) is 0. The smallest absolute Gasteiger partial charge is 0.0436 e. The Balaban J connectivity index is 2.29. The molecule has 0 amide bonds. The summed E-state index contributed by atoms with van der Waals surface area (Å²) in [6.07, 6.45) is 4.94. The van der Waals surface area contributed by atoms with Crippen molar-refractivity contribution in [2.45, 2.75) is 6.42 Å². The van der Waals surface area contributed by atoms with E-state index in [0.717, 1.165) is 17.7 Å². The Morgan fingerprint density at radius 1 is 0.842 bits per heavy atom. The number of hydrogen-bond donors (Lipinski definition) is 1. The minimum absolute atomic E-state index is 0.722. The first-order valence-corrected chi connectivity index (χ1v) is 6.53. The Kier molecular flexibility index (Phi) is 2.10. The predicted molar refractivity (Wildman–Crippen MR) is 81.9 cm³/mol. The quantitative estimate of drug-likeness (QED) is 0.549. The molecule has 0 radical (unpaired) electrons. The highest BCUT2D eigenvalue weighted by Gasteiger charge is 2.15. The second kappa shape index (κ2) is 3.79. The number of fused-ring (bicyclic) bond motifs is 5. The van der Waals surface area contributed by atoms with Crippen molar-refractivity contribution in [2.75, 3.05) is 0 Å². The van der Waals surface area contributed by atoms with Crippen molar-refractivity contribution in [2.24, 2.45) is 0 Å². The Hall–Kier alpha value is -2.41. The van der Waals surface area contributed by atoms with Crippen LogP contribution < -0.4 is 0 Å². The Morgan fingerprint density at radius 3 is 2.58 bits per heavy atom. The SMILES string of the molecule is N=C1CC=Cc2ccc3ccc4ccccc4c3c21. The first-order valence-electron chi connectivity index (χ1n) is 6.53. The maximum atomic E-state index is 8.28. The van der Waals surface area contributed by atoms with Crippen LogP contribution in [-0.2, 0) is 0 Å². The van der Waals surface area contributed by atoms with Crippen molar-refractivity contribution in [1.82, 2.24) is 0 Å². The van der Waals surface area contributed by atoms with Crippen LogP contribution in [-0.4, -0.2) is 5.71 Å². The number of rotatable bonds is 0. The van der Waals surface area contributed by atoms with E-state index in [-0.39, 0.29) is 0 Å². The molecule has 19 heavy (non-hydrogen) atoms. The van der Waals surface area contributed by atoms with Gasteiger partial charge in [-0.1, -0.05) is 60.7 Å². The van der Waals surface area contributed by atoms with E-state index in [1.165, 1.54) is 27.1 Å². The second-order valence-corrected chi connectivity index (χ2v) is 5.00. The van der Waals surface area contributed by atoms with Gasteiger partial charge in [0.1, 0.15) is 0 Å². The zero-order chi connectivity index (χ0) is 12.8. The molecule has 0 heterocycles. The van der Waals surface area contributed by atoms with Crippen molar-refractivity contribution < 1.29 is 0 Å². The third-order valence-electron chi connectivity index (χ3n) is 3.86. The summed E-state index contributed by atoms with van der Waals surface area (Å²) in [5.74, 6) is 0. The molecule has 0 atom stereocenters. The van der Waals surface area contributed by atoms with Gasteiger partial charge in [-0.3, -0.25) is 0 Å². The molecule has 0 aromatic heterocycles. The highest BCUT2D eigenvalue weighted by molar-refractivity contribution is 6.21. The summed E-state index contributed by atoms with van der Waals surface area (Å²) in [6.45, 7) is 0. The molecule has 1 aliphatic rings. The third kappa shape index (κ3) is 1.45. The third-order valence-corrected chi connectivity index (χ3v) is 3.86. The zero-order valence-corrected chi connectivity index (χ0v) is 10.5. The van der Waals surface area contributed by atoms with Gasteiger partial charge in [0, 0.05) is 17.7 Å². The maximum Gasteiger partial charge on any atom is 0.0436 e. The average Bonchev–Trinajstić information content (AvgIpc) is 2.47. The summed E-state index contributed by atoms with van der Waals surface area (Å²) >= 11 is 0. The standard InChI is InChI=1S/C18H13N/c19-16-7-3-5-13-10-11-14-9-8-12-4-1-2-6-15(12)17(14)18(13)16/h1-6,8-11,19H,7H2. The van der Waals surface area contributed by atoms with E-state index < -0.39 is 0 Å². The van der Waals surface area contributed by atoms with Gasteiger partial charge in [0.2, 0.25) is 0 Å². The minimum Gasteiger partial charge on any atom is -0.304 e. The van der Waals surface area contributed by atoms with E-state index in [2.05, 4.69) is 60.7 Å². The van der Waals surface area contributed by atoms with Gasteiger partial charge >= 0.3 is 0 Å². The van der Waals surface area contributed by atoms with Crippen molar-refractivity contribution >= 4 is 33.3 Å². The lowest BCUT2D eigenvalue weighted by Gasteiger charge is -2.16. The van der Waals surface area contributed by atoms with Crippen LogP contribution in [0.15, 0.2) is 54.6 Å². The first-order chi connectivity index (χ1) is 9.34.